The predicted molar refractivity (Wildman–Crippen MR) is 87.5 cm³/mol. The zero-order valence-electron chi connectivity index (χ0n) is 14.4. The Bertz CT molecular complexity index is 262. The van der Waals surface area contributed by atoms with Gasteiger partial charge in [-0.1, -0.05) is 53.7 Å². The summed E-state index contributed by atoms with van der Waals surface area (Å²) in [7, 11) is 0. The lowest BCUT2D eigenvalue weighted by Gasteiger charge is -2.36. The molecule has 2 unspecified atom stereocenters. The second-order valence-electron chi connectivity index (χ2n) is 6.90. The van der Waals surface area contributed by atoms with Gasteiger partial charge in [0.25, 0.3) is 0 Å². The zero-order valence-corrected chi connectivity index (χ0v) is 14.4. The maximum atomic E-state index is 5.82. The first-order valence-electron chi connectivity index (χ1n) is 7.79. The fourth-order valence-corrected chi connectivity index (χ4v) is 1.87. The number of rotatable bonds is 11. The molecule has 0 aliphatic heterocycles. The van der Waals surface area contributed by atoms with Crippen molar-refractivity contribution in [2.24, 2.45) is 10.8 Å². The van der Waals surface area contributed by atoms with Crippen LogP contribution in [0.4, 0.5) is 0 Å². The van der Waals surface area contributed by atoms with Crippen molar-refractivity contribution < 1.29 is 9.78 Å². The molecule has 0 bridgehead atoms. The van der Waals surface area contributed by atoms with E-state index in [1.807, 2.05) is 12.2 Å². The van der Waals surface area contributed by atoms with Crippen LogP contribution in [0.3, 0.4) is 0 Å². The lowest BCUT2D eigenvalue weighted by Crippen LogP contribution is -2.37. The van der Waals surface area contributed by atoms with Crippen molar-refractivity contribution in [3.05, 3.63) is 25.3 Å². The van der Waals surface area contributed by atoms with E-state index in [1.54, 1.807) is 0 Å². The van der Waals surface area contributed by atoms with Crippen LogP contribution in [0.1, 0.15) is 67.2 Å². The van der Waals surface area contributed by atoms with Crippen LogP contribution in [0.5, 0.6) is 0 Å². The minimum absolute atomic E-state index is 0.0324. The highest BCUT2D eigenvalue weighted by Crippen LogP contribution is 2.34. The van der Waals surface area contributed by atoms with Crippen molar-refractivity contribution in [1.82, 2.24) is 0 Å². The van der Waals surface area contributed by atoms with E-state index < -0.39 is 0 Å². The molecule has 2 heteroatoms. The zero-order chi connectivity index (χ0) is 15.8. The molecular formula is C18H34O2. The summed E-state index contributed by atoms with van der Waals surface area (Å²) in [6.07, 6.45) is 7.55. The average molecular weight is 282 g/mol. The second kappa shape index (κ2) is 8.63. The Balaban J connectivity index is 4.79. The van der Waals surface area contributed by atoms with Gasteiger partial charge in [0.05, 0.1) is 0 Å². The van der Waals surface area contributed by atoms with E-state index in [-0.39, 0.29) is 23.0 Å². The molecule has 0 aromatic rings. The van der Waals surface area contributed by atoms with Crippen molar-refractivity contribution >= 4 is 0 Å². The smallest absolute Gasteiger partial charge is 0.101 e. The first kappa shape index (κ1) is 19.4. The molecule has 0 aromatic carbocycles. The van der Waals surface area contributed by atoms with Crippen molar-refractivity contribution in [1.29, 1.82) is 0 Å². The summed E-state index contributed by atoms with van der Waals surface area (Å²) in [4.78, 5) is 11.6. The fraction of sp³-hybridized carbons (Fsp3) is 0.778. The van der Waals surface area contributed by atoms with Gasteiger partial charge in [0.1, 0.15) is 12.2 Å². The van der Waals surface area contributed by atoms with Crippen molar-refractivity contribution in [2.45, 2.75) is 79.4 Å². The maximum Gasteiger partial charge on any atom is 0.101 e. The Labute approximate surface area is 126 Å². The van der Waals surface area contributed by atoms with Gasteiger partial charge in [-0.3, -0.25) is 0 Å². The normalized spacial score (nSPS) is 15.7. The molecule has 20 heavy (non-hydrogen) atoms. The average Bonchev–Trinajstić information content (AvgIpc) is 2.41. The molecule has 118 valence electrons. The summed E-state index contributed by atoms with van der Waals surface area (Å²) in [5.41, 5.74) is 0.145. The summed E-state index contributed by atoms with van der Waals surface area (Å²) in [6, 6.07) is 0. The molecule has 0 saturated carbocycles. The highest BCUT2D eigenvalue weighted by Gasteiger charge is 2.33. The van der Waals surface area contributed by atoms with E-state index in [2.05, 4.69) is 54.7 Å². The first-order valence-corrected chi connectivity index (χ1v) is 7.79. The Hall–Kier alpha value is -0.600. The lowest BCUT2D eigenvalue weighted by atomic mass is 9.82. The van der Waals surface area contributed by atoms with Crippen LogP contribution in [0, 0.1) is 10.8 Å². The summed E-state index contributed by atoms with van der Waals surface area (Å²) in [5, 5.41) is 0. The van der Waals surface area contributed by atoms with E-state index in [9.17, 15) is 0 Å². The van der Waals surface area contributed by atoms with Crippen LogP contribution in [-0.4, -0.2) is 12.2 Å². The van der Waals surface area contributed by atoms with Gasteiger partial charge in [0.2, 0.25) is 0 Å². The molecule has 0 N–H and O–H groups in total. The van der Waals surface area contributed by atoms with Crippen molar-refractivity contribution in [3.8, 4) is 0 Å². The molecular weight excluding hydrogens is 248 g/mol. The van der Waals surface area contributed by atoms with Crippen LogP contribution in [0.2, 0.25) is 0 Å². The lowest BCUT2D eigenvalue weighted by molar-refractivity contribution is -0.379. The molecule has 0 amide bonds. The molecule has 0 spiro atoms. The fourth-order valence-electron chi connectivity index (χ4n) is 1.87. The van der Waals surface area contributed by atoms with E-state index in [4.69, 9.17) is 9.78 Å². The standard InChI is InChI=1S/C18H34O2/c1-9-13-15(17(5,6)11-3)19-20-16(14-10-2)18(7,8)12-4/h9-10,15-16H,1-2,11-14H2,3-8H3. The summed E-state index contributed by atoms with van der Waals surface area (Å²) in [6.45, 7) is 20.8. The van der Waals surface area contributed by atoms with Gasteiger partial charge in [-0.25, -0.2) is 9.78 Å². The van der Waals surface area contributed by atoms with Crippen molar-refractivity contribution in [3.63, 3.8) is 0 Å². The Morgan fingerprint density at radius 1 is 0.800 bits per heavy atom. The Kier molecular flexibility index (Phi) is 8.38. The predicted octanol–water partition coefficient (Wildman–Crippen LogP) is 5.70. The molecule has 0 fully saturated rings. The van der Waals surface area contributed by atoms with Gasteiger partial charge < -0.3 is 0 Å². The second-order valence-corrected chi connectivity index (χ2v) is 6.90. The summed E-state index contributed by atoms with van der Waals surface area (Å²) >= 11 is 0. The maximum absolute atomic E-state index is 5.82. The van der Waals surface area contributed by atoms with Crippen LogP contribution >= 0.6 is 0 Å². The third kappa shape index (κ3) is 5.80. The van der Waals surface area contributed by atoms with Crippen LogP contribution in [0.15, 0.2) is 25.3 Å². The molecule has 0 heterocycles. The Morgan fingerprint density at radius 2 is 1.10 bits per heavy atom. The quantitative estimate of drug-likeness (QED) is 0.275. The van der Waals surface area contributed by atoms with Gasteiger partial charge in [0.15, 0.2) is 0 Å². The highest BCUT2D eigenvalue weighted by atomic mass is 17.2. The van der Waals surface area contributed by atoms with Crippen LogP contribution < -0.4 is 0 Å². The molecule has 0 aromatic heterocycles. The number of hydrogen-bond donors (Lipinski definition) is 0. The molecule has 0 radical (unpaired) electrons. The van der Waals surface area contributed by atoms with Gasteiger partial charge in [-0.05, 0) is 36.5 Å². The van der Waals surface area contributed by atoms with Gasteiger partial charge in [-0.2, -0.15) is 0 Å². The van der Waals surface area contributed by atoms with Crippen molar-refractivity contribution in [2.75, 3.05) is 0 Å². The molecule has 0 rings (SSSR count). The highest BCUT2D eigenvalue weighted by molar-refractivity contribution is 4.85. The summed E-state index contributed by atoms with van der Waals surface area (Å²) < 4.78 is 0. The van der Waals surface area contributed by atoms with Gasteiger partial charge in [0, 0.05) is 0 Å². The van der Waals surface area contributed by atoms with Crippen LogP contribution in [-0.2, 0) is 9.78 Å². The van der Waals surface area contributed by atoms with Gasteiger partial charge >= 0.3 is 0 Å². The van der Waals surface area contributed by atoms with Crippen LogP contribution in [0.25, 0.3) is 0 Å². The minimum Gasteiger partial charge on any atom is -0.232 e. The topological polar surface area (TPSA) is 18.5 Å². The van der Waals surface area contributed by atoms with E-state index >= 15 is 0 Å². The Morgan fingerprint density at radius 3 is 1.30 bits per heavy atom. The molecule has 0 aliphatic rings. The van der Waals surface area contributed by atoms with E-state index in [0.717, 1.165) is 25.7 Å². The molecule has 0 aliphatic carbocycles. The largest absolute Gasteiger partial charge is 0.232 e. The SMILES string of the molecule is C=CCC(OOC(CC=C)C(C)(C)CC)C(C)(C)CC. The third-order valence-electron chi connectivity index (χ3n) is 4.62. The number of hydrogen-bond acceptors (Lipinski definition) is 2. The molecule has 0 saturated heterocycles. The summed E-state index contributed by atoms with van der Waals surface area (Å²) in [5.74, 6) is 0. The van der Waals surface area contributed by atoms with E-state index in [1.165, 1.54) is 0 Å². The minimum atomic E-state index is 0.0324. The third-order valence-corrected chi connectivity index (χ3v) is 4.62. The molecule has 2 nitrogen and oxygen atoms in total. The van der Waals surface area contributed by atoms with Gasteiger partial charge in [-0.15, -0.1) is 13.2 Å². The first-order chi connectivity index (χ1) is 9.25. The van der Waals surface area contributed by atoms with E-state index in [0.29, 0.717) is 0 Å². The monoisotopic (exact) mass is 282 g/mol. The molecule has 2 atom stereocenters.